The summed E-state index contributed by atoms with van der Waals surface area (Å²) in [7, 11) is 0. The number of phenols is 2. The number of nitro groups is 2. The molecule has 0 unspecified atom stereocenters. The summed E-state index contributed by atoms with van der Waals surface area (Å²) in [5, 5.41) is 42.1. The first-order chi connectivity index (χ1) is 15.8. The monoisotopic (exact) mass is 442 g/mol. The highest BCUT2D eigenvalue weighted by Gasteiger charge is 2.17. The Bertz CT molecular complexity index is 1240. The molecule has 8 heteroatoms. The maximum atomic E-state index is 11.4. The average molecular weight is 442 g/mol. The Morgan fingerprint density at radius 1 is 0.576 bits per heavy atom. The minimum Gasteiger partial charge on any atom is -0.508 e. The van der Waals surface area contributed by atoms with Gasteiger partial charge in [-0.05, 0) is 76.2 Å². The van der Waals surface area contributed by atoms with Gasteiger partial charge in [-0.15, -0.1) is 0 Å². The summed E-state index contributed by atoms with van der Waals surface area (Å²) in [4.78, 5) is 21.9. The lowest BCUT2D eigenvalue weighted by atomic mass is 9.90. The van der Waals surface area contributed by atoms with Crippen LogP contribution < -0.4 is 0 Å². The highest BCUT2D eigenvalue weighted by atomic mass is 16.6. The van der Waals surface area contributed by atoms with Crippen LogP contribution in [0.4, 0.5) is 11.4 Å². The van der Waals surface area contributed by atoms with Gasteiger partial charge in [0.1, 0.15) is 11.5 Å². The van der Waals surface area contributed by atoms with E-state index in [-0.39, 0.29) is 29.3 Å². The van der Waals surface area contributed by atoms with Gasteiger partial charge >= 0.3 is 0 Å². The molecule has 0 saturated carbocycles. The fourth-order valence-electron chi connectivity index (χ4n) is 3.73. The molecule has 0 aliphatic carbocycles. The Kier molecular flexibility index (Phi) is 5.73. The predicted molar refractivity (Wildman–Crippen MR) is 123 cm³/mol. The van der Waals surface area contributed by atoms with Crippen LogP contribution in [0, 0.1) is 20.2 Å². The largest absolute Gasteiger partial charge is 0.508 e. The zero-order chi connectivity index (χ0) is 23.5. The van der Waals surface area contributed by atoms with Crippen LogP contribution in [-0.2, 0) is 6.42 Å². The number of non-ortho nitro benzene ring substituents is 2. The first kappa shape index (κ1) is 21.5. The van der Waals surface area contributed by atoms with Crippen molar-refractivity contribution in [1.82, 2.24) is 0 Å². The van der Waals surface area contributed by atoms with Crippen molar-refractivity contribution in [2.75, 3.05) is 0 Å². The molecule has 2 N–H and O–H groups in total. The van der Waals surface area contributed by atoms with E-state index in [2.05, 4.69) is 0 Å². The molecule has 0 aromatic heterocycles. The summed E-state index contributed by atoms with van der Waals surface area (Å²) >= 11 is 0. The molecule has 164 valence electrons. The summed E-state index contributed by atoms with van der Waals surface area (Å²) in [6.45, 7) is 0. The third kappa shape index (κ3) is 4.64. The maximum Gasteiger partial charge on any atom is 0.269 e. The van der Waals surface area contributed by atoms with Gasteiger partial charge in [0.15, 0.2) is 0 Å². The maximum absolute atomic E-state index is 11.4. The van der Waals surface area contributed by atoms with Gasteiger partial charge in [-0.1, -0.05) is 24.3 Å². The molecule has 0 aliphatic rings. The third-order valence-corrected chi connectivity index (χ3v) is 5.34. The lowest BCUT2D eigenvalue weighted by molar-refractivity contribution is -0.385. The number of hydrogen-bond acceptors (Lipinski definition) is 6. The van der Waals surface area contributed by atoms with Gasteiger partial charge in [0.05, 0.1) is 9.85 Å². The van der Waals surface area contributed by atoms with Crippen molar-refractivity contribution in [3.05, 3.63) is 116 Å². The molecule has 0 fully saturated rings. The highest BCUT2D eigenvalue weighted by Crippen LogP contribution is 2.34. The second kappa shape index (κ2) is 8.80. The number of rotatable bonds is 6. The quantitative estimate of drug-likeness (QED) is 0.285. The van der Waals surface area contributed by atoms with Gasteiger partial charge in [0.25, 0.3) is 11.4 Å². The highest BCUT2D eigenvalue weighted by molar-refractivity contribution is 5.74. The van der Waals surface area contributed by atoms with Gasteiger partial charge in [-0.3, -0.25) is 20.2 Å². The van der Waals surface area contributed by atoms with Crippen LogP contribution in [0.3, 0.4) is 0 Å². The molecule has 0 saturated heterocycles. The molecule has 4 aromatic rings. The van der Waals surface area contributed by atoms with Crippen LogP contribution in [0.5, 0.6) is 11.5 Å². The van der Waals surface area contributed by atoms with Crippen LogP contribution in [-0.4, -0.2) is 20.1 Å². The number of aromatic hydroxyl groups is 2. The van der Waals surface area contributed by atoms with E-state index < -0.39 is 9.85 Å². The molecule has 0 amide bonds. The molecule has 0 radical (unpaired) electrons. The minimum absolute atomic E-state index is 0.0931. The summed E-state index contributed by atoms with van der Waals surface area (Å²) in [6, 6.07) is 21.9. The Labute approximate surface area is 188 Å². The first-order valence-corrected chi connectivity index (χ1v) is 9.95. The Hall–Kier alpha value is -4.72. The van der Waals surface area contributed by atoms with E-state index >= 15 is 0 Å². The Morgan fingerprint density at radius 3 is 1.27 bits per heavy atom. The topological polar surface area (TPSA) is 127 Å². The molecule has 0 spiro atoms. The number of phenolic OH excluding ortho intramolecular Hbond substituents is 2. The van der Waals surface area contributed by atoms with Crippen molar-refractivity contribution in [3.8, 4) is 33.8 Å². The summed E-state index contributed by atoms with van der Waals surface area (Å²) < 4.78 is 0. The fourth-order valence-corrected chi connectivity index (χ4v) is 3.73. The van der Waals surface area contributed by atoms with Crippen molar-refractivity contribution < 1.29 is 20.1 Å². The van der Waals surface area contributed by atoms with E-state index in [1.807, 2.05) is 0 Å². The number of nitro benzene ring substituents is 2. The molecule has 8 nitrogen and oxygen atoms in total. The molecule has 0 atom stereocenters. The molecule has 0 aliphatic heterocycles. The van der Waals surface area contributed by atoms with Crippen molar-refractivity contribution in [1.29, 1.82) is 0 Å². The van der Waals surface area contributed by atoms with Gasteiger partial charge in [-0.2, -0.15) is 0 Å². The van der Waals surface area contributed by atoms with E-state index in [0.717, 1.165) is 11.1 Å². The second-order valence-electron chi connectivity index (χ2n) is 7.47. The third-order valence-electron chi connectivity index (χ3n) is 5.34. The van der Waals surface area contributed by atoms with Crippen LogP contribution >= 0.6 is 0 Å². The van der Waals surface area contributed by atoms with Crippen LogP contribution in [0.15, 0.2) is 84.9 Å². The van der Waals surface area contributed by atoms with Gasteiger partial charge in [0.2, 0.25) is 0 Å². The summed E-state index contributed by atoms with van der Waals surface area (Å²) in [5.74, 6) is 0.186. The van der Waals surface area contributed by atoms with Crippen LogP contribution in [0.1, 0.15) is 11.1 Å². The molecule has 33 heavy (non-hydrogen) atoms. The number of nitrogens with zero attached hydrogens (tertiary/aromatic N) is 2. The molecular weight excluding hydrogens is 424 g/mol. The van der Waals surface area contributed by atoms with E-state index in [1.165, 1.54) is 48.5 Å². The van der Waals surface area contributed by atoms with Crippen molar-refractivity contribution >= 4 is 11.4 Å². The lowest BCUT2D eigenvalue weighted by Crippen LogP contribution is -1.99. The minimum atomic E-state index is -0.488. The second-order valence-corrected chi connectivity index (χ2v) is 7.47. The Balaban J connectivity index is 1.88. The molecule has 0 bridgehead atoms. The van der Waals surface area contributed by atoms with Crippen molar-refractivity contribution in [2.24, 2.45) is 0 Å². The van der Waals surface area contributed by atoms with E-state index in [0.29, 0.717) is 22.3 Å². The number of hydrogen-bond donors (Lipinski definition) is 2. The SMILES string of the molecule is O=[N+]([O-])c1ccc(-c2ccc(O)cc2)c(Cc2cc([N+](=O)[O-])ccc2-c2ccc(O)cc2)c1. The normalized spacial score (nSPS) is 10.7. The van der Waals surface area contributed by atoms with Crippen molar-refractivity contribution in [3.63, 3.8) is 0 Å². The van der Waals surface area contributed by atoms with Crippen molar-refractivity contribution in [2.45, 2.75) is 6.42 Å². The smallest absolute Gasteiger partial charge is 0.269 e. The molecule has 4 rings (SSSR count). The predicted octanol–water partition coefficient (Wildman–Crippen LogP) is 5.84. The summed E-state index contributed by atoms with van der Waals surface area (Å²) in [6.07, 6.45) is 0.190. The standard InChI is InChI=1S/C25H18N2O6/c28-22-7-1-16(2-8-22)24-11-5-20(26(30)31)14-18(24)13-19-15-21(27(32)33)6-12-25(19)17-3-9-23(29)10-4-17/h1-12,14-15,28-29H,13H2. The lowest BCUT2D eigenvalue weighted by Gasteiger charge is -2.14. The fraction of sp³-hybridized carbons (Fsp3) is 0.0400. The van der Waals surface area contributed by atoms with Gasteiger partial charge in [0, 0.05) is 24.3 Å². The van der Waals surface area contributed by atoms with Gasteiger partial charge in [-0.25, -0.2) is 0 Å². The first-order valence-electron chi connectivity index (χ1n) is 9.95. The molecule has 4 aromatic carbocycles. The van der Waals surface area contributed by atoms with E-state index in [1.54, 1.807) is 36.4 Å². The average Bonchev–Trinajstić information content (AvgIpc) is 2.80. The van der Waals surface area contributed by atoms with E-state index in [9.17, 15) is 30.4 Å². The van der Waals surface area contributed by atoms with Crippen LogP contribution in [0.25, 0.3) is 22.3 Å². The summed E-state index contributed by atoms with van der Waals surface area (Å²) in [5.41, 5.74) is 3.94. The zero-order valence-electron chi connectivity index (χ0n) is 17.2. The van der Waals surface area contributed by atoms with Crippen LogP contribution in [0.2, 0.25) is 0 Å². The van der Waals surface area contributed by atoms with Gasteiger partial charge < -0.3 is 10.2 Å². The zero-order valence-corrected chi connectivity index (χ0v) is 17.2. The van der Waals surface area contributed by atoms with E-state index in [4.69, 9.17) is 0 Å². The molecule has 0 heterocycles. The Morgan fingerprint density at radius 2 is 0.939 bits per heavy atom. The number of benzene rings is 4. The molecular formula is C25H18N2O6.